The summed E-state index contributed by atoms with van der Waals surface area (Å²) >= 11 is 14.8. The van der Waals surface area contributed by atoms with Crippen LogP contribution in [0.3, 0.4) is 0 Å². The van der Waals surface area contributed by atoms with Crippen LogP contribution in [-0.4, -0.2) is 18.0 Å². The maximum atomic E-state index is 13.2. The highest BCUT2D eigenvalue weighted by atomic mass is 35.5. The fourth-order valence-electron chi connectivity index (χ4n) is 2.55. The van der Waals surface area contributed by atoms with E-state index in [1.165, 1.54) is 11.3 Å². The molecule has 3 aromatic heterocycles. The van der Waals surface area contributed by atoms with Crippen molar-refractivity contribution < 1.29 is 13.9 Å². The molecule has 9 heteroatoms. The fourth-order valence-corrected chi connectivity index (χ4v) is 4.95. The van der Waals surface area contributed by atoms with E-state index in [4.69, 9.17) is 32.4 Å². The maximum Gasteiger partial charge on any atom is 0.262 e. The van der Waals surface area contributed by atoms with Gasteiger partial charge in [-0.05, 0) is 30.3 Å². The van der Waals surface area contributed by atoms with Crippen LogP contribution in [0, 0.1) is 0 Å². The van der Waals surface area contributed by atoms with E-state index in [0.29, 0.717) is 30.9 Å². The number of thiazole rings is 1. The van der Waals surface area contributed by atoms with Gasteiger partial charge in [-0.3, -0.25) is 9.69 Å². The molecule has 27 heavy (non-hydrogen) atoms. The van der Waals surface area contributed by atoms with E-state index in [1.54, 1.807) is 36.5 Å². The molecule has 4 aromatic rings. The van der Waals surface area contributed by atoms with Crippen LogP contribution in [0.2, 0.25) is 8.67 Å². The zero-order valence-electron chi connectivity index (χ0n) is 13.9. The summed E-state index contributed by atoms with van der Waals surface area (Å²) in [6.07, 6.45) is 1.57. The monoisotopic (exact) mass is 438 g/mol. The zero-order valence-corrected chi connectivity index (χ0v) is 17.1. The Kier molecular flexibility index (Phi) is 5.10. The quantitative estimate of drug-likeness (QED) is 0.376. The molecule has 0 bridgehead atoms. The van der Waals surface area contributed by atoms with E-state index < -0.39 is 0 Å². The summed E-state index contributed by atoms with van der Waals surface area (Å²) in [4.78, 5) is 19.4. The van der Waals surface area contributed by atoms with Gasteiger partial charge in [0.1, 0.15) is 15.8 Å². The number of nitrogens with zero attached hydrogens (tertiary/aromatic N) is 2. The lowest BCUT2D eigenvalue weighted by atomic mass is 10.3. The fraction of sp³-hybridized carbons (Fsp3) is 0.111. The number of furan rings is 1. The normalized spacial score (nSPS) is 11.1. The molecule has 0 spiro atoms. The van der Waals surface area contributed by atoms with Gasteiger partial charge in [-0.15, -0.1) is 11.3 Å². The molecule has 0 aliphatic heterocycles. The van der Waals surface area contributed by atoms with Crippen molar-refractivity contribution in [3.8, 4) is 5.75 Å². The average molecular weight is 439 g/mol. The molecule has 138 valence electrons. The minimum Gasteiger partial charge on any atom is -0.497 e. The first-order chi connectivity index (χ1) is 13.0. The molecule has 0 atom stereocenters. The number of carbonyl (C=O) groups is 1. The second kappa shape index (κ2) is 7.52. The third-order valence-corrected chi connectivity index (χ3v) is 6.39. The minimum atomic E-state index is -0.287. The van der Waals surface area contributed by atoms with Gasteiger partial charge in [-0.2, -0.15) is 0 Å². The molecular weight excluding hydrogens is 427 g/mol. The van der Waals surface area contributed by atoms with Crippen molar-refractivity contribution in [2.45, 2.75) is 6.54 Å². The third-order valence-electron chi connectivity index (χ3n) is 3.84. The molecule has 4 rings (SSSR count). The Morgan fingerprint density at radius 2 is 2.11 bits per heavy atom. The van der Waals surface area contributed by atoms with Crippen LogP contribution < -0.4 is 9.64 Å². The largest absolute Gasteiger partial charge is 0.497 e. The Morgan fingerprint density at radius 3 is 2.78 bits per heavy atom. The summed E-state index contributed by atoms with van der Waals surface area (Å²) in [7, 11) is 1.60. The topological polar surface area (TPSA) is 55.6 Å². The Morgan fingerprint density at radius 1 is 1.26 bits per heavy atom. The Bertz CT molecular complexity index is 1110. The van der Waals surface area contributed by atoms with Gasteiger partial charge >= 0.3 is 0 Å². The number of hydrogen-bond acceptors (Lipinski definition) is 6. The van der Waals surface area contributed by atoms with Crippen LogP contribution in [0.25, 0.3) is 10.2 Å². The number of carbonyl (C=O) groups excluding carboxylic acids is 1. The van der Waals surface area contributed by atoms with Gasteiger partial charge in [0, 0.05) is 6.07 Å². The van der Waals surface area contributed by atoms with Crippen LogP contribution in [0.1, 0.15) is 16.1 Å². The average Bonchev–Trinajstić information content (AvgIpc) is 3.37. The molecule has 0 aliphatic carbocycles. The summed E-state index contributed by atoms with van der Waals surface area (Å²) in [6.45, 7) is 0.229. The molecule has 0 saturated carbocycles. The van der Waals surface area contributed by atoms with Crippen molar-refractivity contribution in [3.63, 3.8) is 0 Å². The summed E-state index contributed by atoms with van der Waals surface area (Å²) in [5.74, 6) is 1.05. The second-order valence-electron chi connectivity index (χ2n) is 5.54. The first-order valence-corrected chi connectivity index (χ1v) is 10.2. The molecule has 5 nitrogen and oxygen atoms in total. The lowest BCUT2D eigenvalue weighted by molar-refractivity contribution is 0.0984. The van der Waals surface area contributed by atoms with Gasteiger partial charge in [0.25, 0.3) is 5.91 Å². The van der Waals surface area contributed by atoms with Gasteiger partial charge in [0.15, 0.2) is 5.13 Å². The first-order valence-electron chi connectivity index (χ1n) is 7.79. The predicted molar refractivity (Wildman–Crippen MR) is 110 cm³/mol. The molecule has 0 aliphatic rings. The Hall–Kier alpha value is -2.06. The number of hydrogen-bond donors (Lipinski definition) is 0. The number of anilines is 1. The maximum absolute atomic E-state index is 13.2. The van der Waals surface area contributed by atoms with Crippen LogP contribution in [0.4, 0.5) is 5.13 Å². The summed E-state index contributed by atoms with van der Waals surface area (Å²) in [6, 6.07) is 10.8. The van der Waals surface area contributed by atoms with Crippen molar-refractivity contribution >= 4 is 67.1 Å². The summed E-state index contributed by atoms with van der Waals surface area (Å²) in [5.41, 5.74) is 1.09. The number of methoxy groups -OCH3 is 1. The minimum absolute atomic E-state index is 0.229. The number of thiophene rings is 1. The van der Waals surface area contributed by atoms with E-state index in [-0.39, 0.29) is 12.5 Å². The highest BCUT2D eigenvalue weighted by Crippen LogP contribution is 2.36. The van der Waals surface area contributed by atoms with Crippen LogP contribution in [0.5, 0.6) is 5.75 Å². The van der Waals surface area contributed by atoms with Crippen molar-refractivity contribution in [2.24, 2.45) is 0 Å². The van der Waals surface area contributed by atoms with Gasteiger partial charge in [-0.1, -0.05) is 34.5 Å². The van der Waals surface area contributed by atoms with E-state index in [0.717, 1.165) is 21.6 Å². The molecule has 1 aromatic carbocycles. The number of aromatic nitrogens is 1. The number of amides is 1. The Labute approximate surface area is 172 Å². The smallest absolute Gasteiger partial charge is 0.262 e. The summed E-state index contributed by atoms with van der Waals surface area (Å²) in [5, 5.41) is 0.540. The predicted octanol–water partition coefficient (Wildman–Crippen LogP) is 6.11. The molecule has 0 fully saturated rings. The molecule has 0 saturated heterocycles. The van der Waals surface area contributed by atoms with Crippen LogP contribution in [0.15, 0.2) is 47.1 Å². The van der Waals surface area contributed by atoms with E-state index in [9.17, 15) is 4.79 Å². The molecule has 0 unspecified atom stereocenters. The van der Waals surface area contributed by atoms with E-state index >= 15 is 0 Å². The van der Waals surface area contributed by atoms with Gasteiger partial charge < -0.3 is 9.15 Å². The third kappa shape index (κ3) is 3.68. The molecule has 3 heterocycles. The van der Waals surface area contributed by atoms with E-state index in [2.05, 4.69) is 4.98 Å². The van der Waals surface area contributed by atoms with Crippen molar-refractivity contribution in [1.29, 1.82) is 0 Å². The standard InChI is InChI=1S/C18H12Cl2N2O3S2/c1-24-10-4-5-14-13(7-10)21-18(26-14)22(9-11-3-2-6-25-11)17(23)12-8-15(19)27-16(12)20/h2-8H,9H2,1H3. The number of halogens is 2. The SMILES string of the molecule is COc1ccc2sc(N(Cc3ccco3)C(=O)c3cc(Cl)sc3Cl)nc2c1. The van der Waals surface area contributed by atoms with E-state index in [1.807, 2.05) is 18.2 Å². The van der Waals surface area contributed by atoms with Crippen molar-refractivity contribution in [2.75, 3.05) is 12.0 Å². The molecule has 0 radical (unpaired) electrons. The lowest BCUT2D eigenvalue weighted by Crippen LogP contribution is -2.30. The van der Waals surface area contributed by atoms with Crippen LogP contribution in [-0.2, 0) is 6.54 Å². The number of rotatable bonds is 5. The Balaban J connectivity index is 1.77. The molecular formula is C18H12Cl2N2O3S2. The zero-order chi connectivity index (χ0) is 19.0. The molecule has 0 N–H and O–H groups in total. The number of benzene rings is 1. The highest BCUT2D eigenvalue weighted by molar-refractivity contribution is 7.22. The summed E-state index contributed by atoms with van der Waals surface area (Å²) < 4.78 is 12.4. The lowest BCUT2D eigenvalue weighted by Gasteiger charge is -2.18. The number of ether oxygens (including phenoxy) is 1. The first kappa shape index (κ1) is 18.3. The van der Waals surface area contributed by atoms with Gasteiger partial charge in [0.2, 0.25) is 0 Å². The highest BCUT2D eigenvalue weighted by Gasteiger charge is 2.26. The molecule has 1 amide bonds. The van der Waals surface area contributed by atoms with Gasteiger partial charge in [-0.25, -0.2) is 4.98 Å². The van der Waals surface area contributed by atoms with Crippen molar-refractivity contribution in [3.05, 3.63) is 62.7 Å². The van der Waals surface area contributed by atoms with Gasteiger partial charge in [0.05, 0.1) is 40.0 Å². The number of fused-ring (bicyclic) bond motifs is 1. The second-order valence-corrected chi connectivity index (χ2v) is 8.83. The van der Waals surface area contributed by atoms with Crippen molar-refractivity contribution in [1.82, 2.24) is 4.98 Å². The van der Waals surface area contributed by atoms with Crippen LogP contribution >= 0.6 is 45.9 Å².